The minimum Gasteiger partial charge on any atom is -0.466 e. The third-order valence-electron chi connectivity index (χ3n) is 6.03. The first kappa shape index (κ1) is 30.7. The van der Waals surface area contributed by atoms with E-state index in [1.165, 1.54) is 21.3 Å². The van der Waals surface area contributed by atoms with Crippen LogP contribution in [0, 0.1) is 6.92 Å². The van der Waals surface area contributed by atoms with E-state index in [2.05, 4.69) is 0 Å². The molecule has 0 spiro atoms. The van der Waals surface area contributed by atoms with Gasteiger partial charge in [-0.25, -0.2) is 26.4 Å². The largest absolute Gasteiger partial charge is 0.466 e. The number of hydrogen-bond donors (Lipinski definition) is 0. The number of benzene rings is 1. The highest BCUT2D eigenvalue weighted by atomic mass is 32.2. The maximum Gasteiger partial charge on any atom is 0.355 e. The molecular weight excluding hydrogens is 526 g/mol. The molecule has 0 atom stereocenters. The van der Waals surface area contributed by atoms with Crippen molar-refractivity contribution < 1.29 is 40.6 Å². The number of hydrogen-bond acceptors (Lipinski definition) is 10. The number of rotatable bonds is 11. The summed E-state index contributed by atoms with van der Waals surface area (Å²) in [4.78, 5) is 25.6. The van der Waals surface area contributed by atoms with E-state index in [0.717, 1.165) is 18.5 Å². The highest BCUT2D eigenvalue weighted by Crippen LogP contribution is 2.36. The summed E-state index contributed by atoms with van der Waals surface area (Å²) in [5.74, 6) is -1.68. The molecule has 0 aromatic heterocycles. The van der Waals surface area contributed by atoms with Gasteiger partial charge in [0.1, 0.15) is 22.2 Å². The number of nitrogens with zero attached hydrogens (tertiary/aromatic N) is 3. The van der Waals surface area contributed by atoms with Gasteiger partial charge in [-0.2, -0.15) is 8.61 Å². The van der Waals surface area contributed by atoms with Gasteiger partial charge < -0.3 is 19.1 Å². The van der Waals surface area contributed by atoms with E-state index in [-0.39, 0.29) is 61.4 Å². The number of ether oxygens (including phenoxy) is 3. The molecule has 0 bridgehead atoms. The van der Waals surface area contributed by atoms with Gasteiger partial charge in [0.15, 0.2) is 0 Å². The van der Waals surface area contributed by atoms with Crippen molar-refractivity contribution in [3.63, 3.8) is 0 Å². The standard InChI is InChI=1S/C23H35N3O9S2/c1-8-24(9-2)36(29,30)19-12-16(5)18(13-20(19)37(31,32)25(10-3)11-4)26-15-35-14-17(22(27)33-6)21(26)23(28)34-7/h12-13H,8-11,14-15H2,1-7H3. The highest BCUT2D eigenvalue weighted by Gasteiger charge is 2.37. The molecule has 0 saturated carbocycles. The molecule has 2 rings (SSSR count). The van der Waals surface area contributed by atoms with Gasteiger partial charge in [0.2, 0.25) is 20.0 Å². The van der Waals surface area contributed by atoms with Crippen LogP contribution in [0.3, 0.4) is 0 Å². The molecule has 0 radical (unpaired) electrons. The Kier molecular flexibility index (Phi) is 10.2. The average molecular weight is 562 g/mol. The molecule has 1 heterocycles. The molecule has 1 aliphatic heterocycles. The SMILES string of the molecule is CCN(CC)S(=O)(=O)c1cc(C)c(N2COCC(C(=O)OC)=C2C(=O)OC)cc1S(=O)(=O)N(CC)CC. The first-order valence-corrected chi connectivity index (χ1v) is 14.6. The van der Waals surface area contributed by atoms with Crippen LogP contribution >= 0.6 is 0 Å². The van der Waals surface area contributed by atoms with Crippen molar-refractivity contribution in [3.05, 3.63) is 29.0 Å². The first-order chi connectivity index (χ1) is 17.4. The number of aryl methyl sites for hydroxylation is 1. The number of methoxy groups -OCH3 is 2. The Morgan fingerprint density at radius 3 is 1.76 bits per heavy atom. The van der Waals surface area contributed by atoms with Crippen LogP contribution in [-0.2, 0) is 43.8 Å². The predicted octanol–water partition coefficient (Wildman–Crippen LogP) is 1.45. The van der Waals surface area contributed by atoms with Crippen LogP contribution < -0.4 is 4.90 Å². The van der Waals surface area contributed by atoms with Gasteiger partial charge in [0.25, 0.3) is 0 Å². The number of esters is 2. The number of anilines is 1. The van der Waals surface area contributed by atoms with E-state index >= 15 is 0 Å². The lowest BCUT2D eigenvalue weighted by Gasteiger charge is -2.33. The summed E-state index contributed by atoms with van der Waals surface area (Å²) in [5, 5.41) is 0. The van der Waals surface area contributed by atoms with Crippen LogP contribution in [0.5, 0.6) is 0 Å². The molecule has 1 aromatic rings. The van der Waals surface area contributed by atoms with Crippen LogP contribution in [0.15, 0.2) is 33.2 Å². The van der Waals surface area contributed by atoms with E-state index in [9.17, 15) is 26.4 Å². The molecule has 12 nitrogen and oxygen atoms in total. The second-order valence-corrected chi connectivity index (χ2v) is 11.8. The fourth-order valence-electron chi connectivity index (χ4n) is 4.08. The van der Waals surface area contributed by atoms with Crippen LogP contribution in [0.4, 0.5) is 5.69 Å². The molecule has 1 aliphatic rings. The Morgan fingerprint density at radius 2 is 1.32 bits per heavy atom. The minimum absolute atomic E-state index is 0.111. The second-order valence-electron chi connectivity index (χ2n) is 7.98. The van der Waals surface area contributed by atoms with E-state index in [1.807, 2.05) is 0 Å². The lowest BCUT2D eigenvalue weighted by Crippen LogP contribution is -2.40. The monoisotopic (exact) mass is 561 g/mol. The molecule has 37 heavy (non-hydrogen) atoms. The Labute approximate surface area is 218 Å². The second kappa shape index (κ2) is 12.3. The lowest BCUT2D eigenvalue weighted by molar-refractivity contribution is -0.140. The normalized spacial score (nSPS) is 14.9. The van der Waals surface area contributed by atoms with E-state index in [0.29, 0.717) is 5.56 Å². The van der Waals surface area contributed by atoms with E-state index < -0.39 is 36.9 Å². The zero-order valence-corrected chi connectivity index (χ0v) is 23.9. The molecular formula is C23H35N3O9S2. The van der Waals surface area contributed by atoms with Crippen molar-refractivity contribution in [3.8, 4) is 0 Å². The fourth-order valence-corrected chi connectivity index (χ4v) is 7.84. The average Bonchev–Trinajstić information content (AvgIpc) is 2.88. The molecule has 208 valence electrons. The summed E-state index contributed by atoms with van der Waals surface area (Å²) in [6.07, 6.45) is 0. The maximum absolute atomic E-state index is 13.7. The topological polar surface area (TPSA) is 140 Å². The Bertz CT molecular complexity index is 1270. The smallest absolute Gasteiger partial charge is 0.355 e. The van der Waals surface area contributed by atoms with Crippen molar-refractivity contribution in [2.45, 2.75) is 44.4 Å². The first-order valence-electron chi connectivity index (χ1n) is 11.8. The molecule has 0 N–H and O–H groups in total. The van der Waals surface area contributed by atoms with Crippen molar-refractivity contribution in [1.82, 2.24) is 8.61 Å². The van der Waals surface area contributed by atoms with E-state index in [1.54, 1.807) is 34.6 Å². The van der Waals surface area contributed by atoms with Gasteiger partial charge in [0.05, 0.1) is 26.4 Å². The maximum atomic E-state index is 13.7. The molecule has 14 heteroatoms. The number of carbonyl (C=O) groups is 2. The molecule has 0 unspecified atom stereocenters. The summed E-state index contributed by atoms with van der Waals surface area (Å²) in [6.45, 7) is 8.24. The Hall–Kier alpha value is -2.52. The third kappa shape index (κ3) is 5.82. The van der Waals surface area contributed by atoms with Crippen LogP contribution in [0.25, 0.3) is 0 Å². The Balaban J connectivity index is 2.98. The van der Waals surface area contributed by atoms with Crippen molar-refractivity contribution in [1.29, 1.82) is 0 Å². The van der Waals surface area contributed by atoms with Gasteiger partial charge in [-0.3, -0.25) is 0 Å². The van der Waals surface area contributed by atoms with Crippen LogP contribution in [-0.4, -0.2) is 91.1 Å². The summed E-state index contributed by atoms with van der Waals surface area (Å²) < 4.78 is 72.0. The van der Waals surface area contributed by atoms with Crippen molar-refractivity contribution in [2.24, 2.45) is 0 Å². The molecule has 1 aromatic carbocycles. The molecule has 0 amide bonds. The summed E-state index contributed by atoms with van der Waals surface area (Å²) in [7, 11) is -6.19. The van der Waals surface area contributed by atoms with Crippen molar-refractivity contribution in [2.75, 3.05) is 58.6 Å². The van der Waals surface area contributed by atoms with Crippen molar-refractivity contribution >= 4 is 37.7 Å². The zero-order valence-electron chi connectivity index (χ0n) is 22.2. The summed E-state index contributed by atoms with van der Waals surface area (Å²) >= 11 is 0. The number of sulfonamides is 2. The van der Waals surface area contributed by atoms with Gasteiger partial charge in [-0.15, -0.1) is 0 Å². The highest BCUT2D eigenvalue weighted by molar-refractivity contribution is 7.92. The zero-order chi connectivity index (χ0) is 28.1. The molecule has 0 aliphatic carbocycles. The summed E-state index contributed by atoms with van der Waals surface area (Å²) in [6, 6.07) is 2.46. The fraction of sp³-hybridized carbons (Fsp3) is 0.565. The van der Waals surface area contributed by atoms with Gasteiger partial charge in [-0.1, -0.05) is 27.7 Å². The molecule has 0 saturated heterocycles. The minimum atomic E-state index is -4.28. The number of carbonyl (C=O) groups excluding carboxylic acids is 2. The third-order valence-corrected chi connectivity index (χ3v) is 10.3. The van der Waals surface area contributed by atoms with Gasteiger partial charge >= 0.3 is 11.9 Å². The predicted molar refractivity (Wildman–Crippen MR) is 136 cm³/mol. The lowest BCUT2D eigenvalue weighted by atomic mass is 10.1. The molecule has 0 fully saturated rings. The van der Waals surface area contributed by atoms with Gasteiger partial charge in [-0.05, 0) is 24.6 Å². The quantitative estimate of drug-likeness (QED) is 0.365. The Morgan fingerprint density at radius 1 is 0.865 bits per heavy atom. The van der Waals surface area contributed by atoms with Crippen LogP contribution in [0.1, 0.15) is 33.3 Å². The van der Waals surface area contributed by atoms with Gasteiger partial charge in [0, 0.05) is 31.9 Å². The van der Waals surface area contributed by atoms with E-state index in [4.69, 9.17) is 14.2 Å². The van der Waals surface area contributed by atoms with Crippen LogP contribution in [0.2, 0.25) is 0 Å². The summed E-state index contributed by atoms with van der Waals surface area (Å²) in [5.41, 5.74) is 0.188.